The molecule has 1 saturated heterocycles. The van der Waals surface area contributed by atoms with E-state index in [0.717, 1.165) is 12.8 Å². The fourth-order valence-electron chi connectivity index (χ4n) is 2.06. The van der Waals surface area contributed by atoms with Gasteiger partial charge in [-0.1, -0.05) is 0 Å². The molecule has 0 aromatic rings. The van der Waals surface area contributed by atoms with Gasteiger partial charge in [-0.2, -0.15) is 0 Å². The molecule has 8 nitrogen and oxygen atoms in total. The highest BCUT2D eigenvalue weighted by Gasteiger charge is 2.26. The summed E-state index contributed by atoms with van der Waals surface area (Å²) in [5, 5.41) is 22.2. The molecule has 1 aliphatic rings. The molecule has 0 spiro atoms. The van der Waals surface area contributed by atoms with Crippen LogP contribution >= 0.6 is 0 Å². The van der Waals surface area contributed by atoms with Crippen molar-refractivity contribution in [3.63, 3.8) is 0 Å². The summed E-state index contributed by atoms with van der Waals surface area (Å²) in [6.07, 6.45) is 1.84. The Bertz CT molecular complexity index is 368. The van der Waals surface area contributed by atoms with Crippen molar-refractivity contribution in [1.82, 2.24) is 15.5 Å². The number of aliphatic carboxylic acids is 1. The van der Waals surface area contributed by atoms with Crippen molar-refractivity contribution in [3.8, 4) is 0 Å². The number of likely N-dealkylation sites (tertiary alicyclic amines) is 1. The third kappa shape index (κ3) is 4.69. The number of hydrogen-bond donors (Lipinski definition) is 4. The number of nitrogens with zero attached hydrogens (tertiary/aromatic N) is 1. The highest BCUT2D eigenvalue weighted by molar-refractivity contribution is 5.88. The highest BCUT2D eigenvalue weighted by Crippen LogP contribution is 2.08. The van der Waals surface area contributed by atoms with Crippen LogP contribution in [0.15, 0.2) is 0 Å². The molecule has 1 rings (SSSR count). The van der Waals surface area contributed by atoms with Crippen molar-refractivity contribution in [2.75, 3.05) is 19.7 Å². The predicted molar refractivity (Wildman–Crippen MR) is 70.1 cm³/mol. The standard InChI is InChI=1S/C12H21N3O5/c1-8(10(17)15-5-2-3-6-15)13-12(20)14-9(4-7-16)11(18)19/h8-9,16H,2-7H2,1H3,(H,18,19)(H2,13,14,20)/t8?,9-/m0/s1. The van der Waals surface area contributed by atoms with E-state index < -0.39 is 24.1 Å². The number of nitrogens with one attached hydrogen (secondary N) is 2. The van der Waals surface area contributed by atoms with Crippen LogP contribution in [0.2, 0.25) is 0 Å². The third-order valence-electron chi connectivity index (χ3n) is 3.16. The molecule has 4 N–H and O–H groups in total. The molecule has 1 fully saturated rings. The summed E-state index contributed by atoms with van der Waals surface area (Å²) >= 11 is 0. The van der Waals surface area contributed by atoms with Gasteiger partial charge in [0.2, 0.25) is 5.91 Å². The van der Waals surface area contributed by atoms with Crippen LogP contribution in [0.3, 0.4) is 0 Å². The van der Waals surface area contributed by atoms with E-state index in [1.54, 1.807) is 11.8 Å². The minimum absolute atomic E-state index is 0.0861. The molecule has 0 aliphatic carbocycles. The number of aliphatic hydroxyl groups excluding tert-OH is 1. The molecule has 2 atom stereocenters. The molecular formula is C12H21N3O5. The summed E-state index contributed by atoms with van der Waals surface area (Å²) in [6.45, 7) is 2.59. The maximum Gasteiger partial charge on any atom is 0.326 e. The van der Waals surface area contributed by atoms with Gasteiger partial charge in [-0.15, -0.1) is 0 Å². The number of urea groups is 1. The Labute approximate surface area is 117 Å². The van der Waals surface area contributed by atoms with Crippen molar-refractivity contribution in [1.29, 1.82) is 0 Å². The van der Waals surface area contributed by atoms with Crippen LogP contribution in [0.25, 0.3) is 0 Å². The smallest absolute Gasteiger partial charge is 0.326 e. The second-order valence-electron chi connectivity index (χ2n) is 4.77. The number of carboxylic acids is 1. The van der Waals surface area contributed by atoms with E-state index in [1.807, 2.05) is 0 Å². The van der Waals surface area contributed by atoms with Gasteiger partial charge in [-0.3, -0.25) is 4.79 Å². The van der Waals surface area contributed by atoms with Crippen LogP contribution in [0.4, 0.5) is 4.79 Å². The molecule has 1 heterocycles. The summed E-state index contributed by atoms with van der Waals surface area (Å²) < 4.78 is 0. The van der Waals surface area contributed by atoms with Crippen molar-refractivity contribution in [2.45, 2.75) is 38.3 Å². The van der Waals surface area contributed by atoms with E-state index in [0.29, 0.717) is 13.1 Å². The van der Waals surface area contributed by atoms with Gasteiger partial charge in [-0.05, 0) is 19.8 Å². The summed E-state index contributed by atoms with van der Waals surface area (Å²) in [5.41, 5.74) is 0. The largest absolute Gasteiger partial charge is 0.480 e. The first-order valence-electron chi connectivity index (χ1n) is 6.65. The Hall–Kier alpha value is -1.83. The van der Waals surface area contributed by atoms with E-state index in [-0.39, 0.29) is 18.9 Å². The van der Waals surface area contributed by atoms with Gasteiger partial charge in [0, 0.05) is 26.1 Å². The molecule has 8 heteroatoms. The first kappa shape index (κ1) is 16.2. The van der Waals surface area contributed by atoms with E-state index in [1.165, 1.54) is 0 Å². The molecule has 0 radical (unpaired) electrons. The van der Waals surface area contributed by atoms with E-state index in [9.17, 15) is 14.4 Å². The van der Waals surface area contributed by atoms with Gasteiger partial charge in [0.25, 0.3) is 0 Å². The Morgan fingerprint density at radius 2 is 1.80 bits per heavy atom. The predicted octanol–water partition coefficient (Wildman–Crippen LogP) is -0.868. The van der Waals surface area contributed by atoms with E-state index >= 15 is 0 Å². The van der Waals surface area contributed by atoms with E-state index in [2.05, 4.69) is 10.6 Å². The summed E-state index contributed by atoms with van der Waals surface area (Å²) in [5.74, 6) is -1.40. The molecule has 1 unspecified atom stereocenters. The fourth-order valence-corrected chi connectivity index (χ4v) is 2.06. The Kier molecular flexibility index (Phi) is 6.23. The van der Waals surface area contributed by atoms with Gasteiger partial charge in [0.1, 0.15) is 12.1 Å². The minimum atomic E-state index is -1.23. The molecule has 0 bridgehead atoms. The Morgan fingerprint density at radius 1 is 1.20 bits per heavy atom. The monoisotopic (exact) mass is 287 g/mol. The molecule has 1 aliphatic heterocycles. The van der Waals surface area contributed by atoms with Crippen LogP contribution in [0, 0.1) is 0 Å². The van der Waals surface area contributed by atoms with Crippen LogP contribution in [0.5, 0.6) is 0 Å². The summed E-state index contributed by atoms with van der Waals surface area (Å²) in [6, 6.07) is -2.61. The van der Waals surface area contributed by atoms with Crippen molar-refractivity contribution in [3.05, 3.63) is 0 Å². The second-order valence-corrected chi connectivity index (χ2v) is 4.77. The average Bonchev–Trinajstić information content (AvgIpc) is 2.90. The van der Waals surface area contributed by atoms with Gasteiger partial charge < -0.3 is 25.7 Å². The van der Waals surface area contributed by atoms with Crippen molar-refractivity contribution < 1.29 is 24.6 Å². The number of hydrogen-bond acceptors (Lipinski definition) is 4. The lowest BCUT2D eigenvalue weighted by molar-refractivity contribution is -0.139. The van der Waals surface area contributed by atoms with Crippen molar-refractivity contribution >= 4 is 17.9 Å². The lowest BCUT2D eigenvalue weighted by Crippen LogP contribution is -2.52. The lowest BCUT2D eigenvalue weighted by Gasteiger charge is -2.22. The minimum Gasteiger partial charge on any atom is -0.480 e. The highest BCUT2D eigenvalue weighted by atomic mass is 16.4. The average molecular weight is 287 g/mol. The number of carbonyl (C=O) groups excluding carboxylic acids is 2. The zero-order valence-corrected chi connectivity index (χ0v) is 11.5. The van der Waals surface area contributed by atoms with Crippen molar-refractivity contribution in [2.24, 2.45) is 0 Å². The number of amides is 3. The van der Waals surface area contributed by atoms with Gasteiger partial charge in [0.15, 0.2) is 0 Å². The normalized spacial score (nSPS) is 17.4. The van der Waals surface area contributed by atoms with Gasteiger partial charge in [-0.25, -0.2) is 9.59 Å². The van der Waals surface area contributed by atoms with Crippen LogP contribution in [-0.2, 0) is 9.59 Å². The first-order valence-corrected chi connectivity index (χ1v) is 6.65. The molecule has 20 heavy (non-hydrogen) atoms. The molecule has 114 valence electrons. The van der Waals surface area contributed by atoms with Crippen LogP contribution in [0.1, 0.15) is 26.2 Å². The number of aliphatic hydroxyl groups is 1. The fraction of sp³-hybridized carbons (Fsp3) is 0.750. The SMILES string of the molecule is CC(NC(=O)N[C@@H](CCO)C(=O)O)C(=O)N1CCCC1. The van der Waals surface area contributed by atoms with Gasteiger partial charge >= 0.3 is 12.0 Å². The lowest BCUT2D eigenvalue weighted by atomic mass is 10.2. The third-order valence-corrected chi connectivity index (χ3v) is 3.16. The Morgan fingerprint density at radius 3 is 2.30 bits per heavy atom. The molecule has 0 aromatic heterocycles. The van der Waals surface area contributed by atoms with Gasteiger partial charge in [0.05, 0.1) is 0 Å². The molecule has 3 amide bonds. The zero-order chi connectivity index (χ0) is 15.1. The Balaban J connectivity index is 2.43. The maximum atomic E-state index is 12.0. The first-order chi connectivity index (χ1) is 9.45. The van der Waals surface area contributed by atoms with Crippen LogP contribution < -0.4 is 10.6 Å². The van der Waals surface area contributed by atoms with Crippen LogP contribution in [-0.4, -0.2) is 64.8 Å². The molecule has 0 aromatic carbocycles. The summed E-state index contributed by atoms with van der Waals surface area (Å²) in [4.78, 5) is 36.1. The summed E-state index contributed by atoms with van der Waals surface area (Å²) in [7, 11) is 0. The quantitative estimate of drug-likeness (QED) is 0.506. The second kappa shape index (κ2) is 7.68. The molecular weight excluding hydrogens is 266 g/mol. The number of carboxylic acid groups (broad SMARTS) is 1. The topological polar surface area (TPSA) is 119 Å². The maximum absolute atomic E-state index is 12.0. The number of rotatable bonds is 6. The zero-order valence-electron chi connectivity index (χ0n) is 11.5. The van der Waals surface area contributed by atoms with E-state index in [4.69, 9.17) is 10.2 Å². The molecule has 0 saturated carbocycles. The number of carbonyl (C=O) groups is 3.